The minimum Gasteiger partial charge on any atom is -0.392 e. The van der Waals surface area contributed by atoms with Gasteiger partial charge in [-0.1, -0.05) is 24.3 Å². The summed E-state index contributed by atoms with van der Waals surface area (Å²) < 4.78 is 2.05. The van der Waals surface area contributed by atoms with E-state index in [1.165, 1.54) is 5.39 Å². The molecule has 5 rings (SSSR count). The molecule has 0 bridgehead atoms. The van der Waals surface area contributed by atoms with Crippen LogP contribution in [0, 0.1) is 0 Å². The number of aromatic amines is 1. The molecule has 2 aromatic carbocycles. The largest absolute Gasteiger partial charge is 0.392 e. The normalized spacial score (nSPS) is 11.0. The monoisotopic (exact) mass is 375 g/mol. The minimum atomic E-state index is 0. The molecule has 3 heterocycles. The molecule has 0 spiro atoms. The first-order valence-corrected chi connectivity index (χ1v) is 8.57. The molecule has 0 radical (unpaired) electrons. The Morgan fingerprint density at radius 2 is 1.78 bits per heavy atom. The van der Waals surface area contributed by atoms with Crippen molar-refractivity contribution in [3.05, 3.63) is 84.8 Å². The smallest absolute Gasteiger partial charge is 0.137 e. The van der Waals surface area contributed by atoms with Crippen LogP contribution in [0.2, 0.25) is 0 Å². The molecule has 134 valence electrons. The van der Waals surface area contributed by atoms with E-state index in [0.29, 0.717) is 0 Å². The third kappa shape index (κ3) is 3.10. The van der Waals surface area contributed by atoms with E-state index in [4.69, 9.17) is 4.98 Å². The number of aliphatic hydroxyl groups is 1. The van der Waals surface area contributed by atoms with Crippen molar-refractivity contribution in [2.45, 2.75) is 6.61 Å². The van der Waals surface area contributed by atoms with Gasteiger partial charge in [-0.2, -0.15) is 0 Å². The summed E-state index contributed by atoms with van der Waals surface area (Å²) in [5, 5.41) is 10.5. The van der Waals surface area contributed by atoms with Crippen molar-refractivity contribution in [1.29, 1.82) is 0 Å². The SMILES string of the molecule is Cl.OCc1cccc(-c2ccc3nc(-c4ccc5[nH]ccc5c4)cn3c2)c1. The Labute approximate surface area is 162 Å². The lowest BCUT2D eigenvalue weighted by Crippen LogP contribution is -1.87. The number of nitrogens with zero attached hydrogens (tertiary/aromatic N) is 2. The number of halogens is 1. The molecule has 0 atom stereocenters. The van der Waals surface area contributed by atoms with Crippen LogP contribution in [-0.2, 0) is 6.61 Å². The van der Waals surface area contributed by atoms with Gasteiger partial charge in [-0.25, -0.2) is 4.98 Å². The van der Waals surface area contributed by atoms with Gasteiger partial charge in [0.25, 0.3) is 0 Å². The fourth-order valence-corrected chi connectivity index (χ4v) is 3.36. The van der Waals surface area contributed by atoms with Crippen molar-refractivity contribution in [2.24, 2.45) is 0 Å². The van der Waals surface area contributed by atoms with Crippen LogP contribution in [0.25, 0.3) is 38.9 Å². The molecule has 5 heteroatoms. The maximum Gasteiger partial charge on any atom is 0.137 e. The molecule has 0 fully saturated rings. The van der Waals surface area contributed by atoms with Crippen LogP contribution in [0.4, 0.5) is 0 Å². The van der Waals surface area contributed by atoms with Crippen LogP contribution < -0.4 is 0 Å². The Kier molecular flexibility index (Phi) is 4.44. The number of aliphatic hydroxyl groups excluding tert-OH is 1. The molecule has 0 aliphatic heterocycles. The second-order valence-corrected chi connectivity index (χ2v) is 6.45. The number of aromatic nitrogens is 3. The fraction of sp³-hybridized carbons (Fsp3) is 0.0455. The number of rotatable bonds is 3. The summed E-state index contributed by atoms with van der Waals surface area (Å²) in [6, 6.07) is 20.5. The lowest BCUT2D eigenvalue weighted by atomic mass is 10.1. The maximum atomic E-state index is 9.35. The van der Waals surface area contributed by atoms with Crippen molar-refractivity contribution >= 4 is 29.0 Å². The molecule has 3 aromatic heterocycles. The highest BCUT2D eigenvalue weighted by Crippen LogP contribution is 2.26. The molecular formula is C22H18ClN3O. The van der Waals surface area contributed by atoms with Crippen molar-refractivity contribution in [1.82, 2.24) is 14.4 Å². The summed E-state index contributed by atoms with van der Waals surface area (Å²) >= 11 is 0. The van der Waals surface area contributed by atoms with Gasteiger partial charge >= 0.3 is 0 Å². The lowest BCUT2D eigenvalue weighted by molar-refractivity contribution is 0.282. The molecule has 0 saturated heterocycles. The standard InChI is InChI=1S/C22H17N3O.ClH/c26-14-15-2-1-3-16(10-15)19-5-7-22-24-21(13-25(22)12-19)17-4-6-20-18(11-17)8-9-23-20;/h1-13,23,26H,14H2;1H. The Bertz CT molecular complexity index is 1240. The number of hydrogen-bond acceptors (Lipinski definition) is 2. The van der Waals surface area contributed by atoms with Gasteiger partial charge in [-0.05, 0) is 53.1 Å². The first-order valence-electron chi connectivity index (χ1n) is 8.57. The number of hydrogen-bond donors (Lipinski definition) is 2. The third-order valence-electron chi connectivity index (χ3n) is 4.74. The second-order valence-electron chi connectivity index (χ2n) is 6.45. The number of H-pyrrole nitrogens is 1. The number of imidazole rings is 1. The summed E-state index contributed by atoms with van der Waals surface area (Å²) in [5.74, 6) is 0. The van der Waals surface area contributed by atoms with Crippen molar-refractivity contribution in [3.8, 4) is 22.4 Å². The van der Waals surface area contributed by atoms with E-state index in [1.54, 1.807) is 0 Å². The Balaban J connectivity index is 0.00000180. The average molecular weight is 376 g/mol. The molecule has 5 aromatic rings. The molecule has 0 unspecified atom stereocenters. The van der Waals surface area contributed by atoms with Gasteiger partial charge in [0, 0.05) is 35.1 Å². The van der Waals surface area contributed by atoms with E-state index in [-0.39, 0.29) is 19.0 Å². The van der Waals surface area contributed by atoms with Gasteiger partial charge in [0.2, 0.25) is 0 Å². The summed E-state index contributed by atoms with van der Waals surface area (Å²) in [6.45, 7) is 0.0486. The van der Waals surface area contributed by atoms with Gasteiger partial charge in [-0.15, -0.1) is 12.4 Å². The predicted octanol–water partition coefficient (Wildman–Crippen LogP) is 5.06. The minimum absolute atomic E-state index is 0. The van der Waals surface area contributed by atoms with E-state index in [9.17, 15) is 5.11 Å². The number of pyridine rings is 1. The summed E-state index contributed by atoms with van der Waals surface area (Å²) in [7, 11) is 0. The van der Waals surface area contributed by atoms with Gasteiger partial charge in [0.1, 0.15) is 5.65 Å². The lowest BCUT2D eigenvalue weighted by Gasteiger charge is -2.04. The van der Waals surface area contributed by atoms with Crippen molar-refractivity contribution in [2.75, 3.05) is 0 Å². The second kappa shape index (κ2) is 6.91. The zero-order valence-corrected chi connectivity index (χ0v) is 15.3. The number of fused-ring (bicyclic) bond motifs is 2. The van der Waals surface area contributed by atoms with Gasteiger partial charge in [0.15, 0.2) is 0 Å². The highest BCUT2D eigenvalue weighted by Gasteiger charge is 2.07. The average Bonchev–Trinajstić information content (AvgIpc) is 3.33. The maximum absolute atomic E-state index is 9.35. The van der Waals surface area contributed by atoms with E-state index in [2.05, 4.69) is 58.2 Å². The van der Waals surface area contributed by atoms with Crippen LogP contribution in [0.15, 0.2) is 79.3 Å². The topological polar surface area (TPSA) is 53.3 Å². The van der Waals surface area contributed by atoms with Crippen LogP contribution in [-0.4, -0.2) is 19.5 Å². The molecule has 0 aliphatic carbocycles. The Morgan fingerprint density at radius 1 is 0.889 bits per heavy atom. The first-order chi connectivity index (χ1) is 12.8. The molecule has 0 saturated carbocycles. The molecule has 0 amide bonds. The van der Waals surface area contributed by atoms with Crippen molar-refractivity contribution in [3.63, 3.8) is 0 Å². The zero-order valence-electron chi connectivity index (χ0n) is 14.5. The molecule has 2 N–H and O–H groups in total. The quantitative estimate of drug-likeness (QED) is 0.463. The third-order valence-corrected chi connectivity index (χ3v) is 4.74. The molecular weight excluding hydrogens is 358 g/mol. The molecule has 4 nitrogen and oxygen atoms in total. The Morgan fingerprint density at radius 3 is 2.67 bits per heavy atom. The highest BCUT2D eigenvalue weighted by atomic mass is 35.5. The first kappa shape index (κ1) is 17.3. The van der Waals surface area contributed by atoms with Crippen LogP contribution >= 0.6 is 12.4 Å². The van der Waals surface area contributed by atoms with Crippen LogP contribution in [0.3, 0.4) is 0 Å². The number of benzene rings is 2. The van der Waals surface area contributed by atoms with E-state index in [0.717, 1.165) is 39.1 Å². The van der Waals surface area contributed by atoms with Crippen molar-refractivity contribution < 1.29 is 5.11 Å². The van der Waals surface area contributed by atoms with E-state index in [1.807, 2.05) is 30.5 Å². The summed E-state index contributed by atoms with van der Waals surface area (Å²) in [6.07, 6.45) is 6.09. The summed E-state index contributed by atoms with van der Waals surface area (Å²) in [5.41, 5.74) is 7.19. The van der Waals surface area contributed by atoms with Gasteiger partial charge in [-0.3, -0.25) is 0 Å². The van der Waals surface area contributed by atoms with Crippen LogP contribution in [0.1, 0.15) is 5.56 Å². The molecule has 27 heavy (non-hydrogen) atoms. The molecule has 0 aliphatic rings. The highest BCUT2D eigenvalue weighted by molar-refractivity contribution is 5.85. The van der Waals surface area contributed by atoms with Gasteiger partial charge < -0.3 is 14.5 Å². The zero-order chi connectivity index (χ0) is 17.5. The van der Waals surface area contributed by atoms with E-state index >= 15 is 0 Å². The fourth-order valence-electron chi connectivity index (χ4n) is 3.36. The summed E-state index contributed by atoms with van der Waals surface area (Å²) in [4.78, 5) is 7.97. The van der Waals surface area contributed by atoms with Gasteiger partial charge in [0.05, 0.1) is 12.3 Å². The predicted molar refractivity (Wildman–Crippen MR) is 111 cm³/mol. The number of nitrogens with one attached hydrogen (secondary N) is 1. The Hall–Kier alpha value is -3.08. The van der Waals surface area contributed by atoms with Crippen LogP contribution in [0.5, 0.6) is 0 Å². The van der Waals surface area contributed by atoms with E-state index < -0.39 is 0 Å².